The van der Waals surface area contributed by atoms with Crippen molar-refractivity contribution in [1.82, 2.24) is 0 Å². The zero-order chi connectivity index (χ0) is 20.6. The van der Waals surface area contributed by atoms with Gasteiger partial charge in [-0.1, -0.05) is 42.8 Å². The summed E-state index contributed by atoms with van der Waals surface area (Å²) in [5.74, 6) is -0.0767. The predicted molar refractivity (Wildman–Crippen MR) is 117 cm³/mol. The van der Waals surface area contributed by atoms with Crippen molar-refractivity contribution in [3.8, 4) is 0 Å². The molecule has 0 radical (unpaired) electrons. The van der Waals surface area contributed by atoms with Gasteiger partial charge in [-0.3, -0.25) is 9.59 Å². The van der Waals surface area contributed by atoms with Crippen LogP contribution in [-0.2, 0) is 9.59 Å². The Morgan fingerprint density at radius 2 is 1.24 bits per heavy atom. The van der Waals surface area contributed by atoms with E-state index in [1.165, 1.54) is 19.3 Å². The van der Waals surface area contributed by atoms with Crippen molar-refractivity contribution in [3.05, 3.63) is 59.7 Å². The number of carbonyl (C=O) groups excluding carboxylic acids is 2. The van der Waals surface area contributed by atoms with Crippen LogP contribution in [0.2, 0.25) is 0 Å². The summed E-state index contributed by atoms with van der Waals surface area (Å²) in [5, 5.41) is 6.04. The van der Waals surface area contributed by atoms with E-state index in [1.807, 2.05) is 62.4 Å². The first-order valence-electron chi connectivity index (χ1n) is 10.6. The summed E-state index contributed by atoms with van der Waals surface area (Å²) in [7, 11) is 0. The van der Waals surface area contributed by atoms with Crippen LogP contribution in [0.4, 0.5) is 11.4 Å². The maximum Gasteiger partial charge on any atom is 0.279 e. The van der Waals surface area contributed by atoms with Crippen molar-refractivity contribution in [3.63, 3.8) is 0 Å². The van der Waals surface area contributed by atoms with E-state index >= 15 is 0 Å². The molecule has 5 nitrogen and oxygen atoms in total. The molecule has 0 bridgehead atoms. The van der Waals surface area contributed by atoms with Gasteiger partial charge >= 0.3 is 0 Å². The smallest absolute Gasteiger partial charge is 0.279 e. The van der Waals surface area contributed by atoms with E-state index in [0.29, 0.717) is 19.1 Å². The number of anilines is 2. The van der Waals surface area contributed by atoms with Crippen LogP contribution in [0.5, 0.6) is 0 Å². The number of quaternary nitrogens is 1. The van der Waals surface area contributed by atoms with Gasteiger partial charge in [0, 0.05) is 11.4 Å². The zero-order valence-corrected chi connectivity index (χ0v) is 17.5. The Kier molecular flexibility index (Phi) is 7.42. The van der Waals surface area contributed by atoms with Gasteiger partial charge in [0.05, 0.1) is 6.04 Å². The van der Waals surface area contributed by atoms with Gasteiger partial charge in [-0.25, -0.2) is 0 Å². The number of hydrogen-bond acceptors (Lipinski definition) is 2. The monoisotopic (exact) mass is 394 g/mol. The van der Waals surface area contributed by atoms with Crippen molar-refractivity contribution in [2.24, 2.45) is 0 Å². The fourth-order valence-electron chi connectivity index (χ4n) is 4.09. The maximum atomic E-state index is 12.7. The van der Waals surface area contributed by atoms with E-state index in [1.54, 1.807) is 0 Å². The largest absolute Gasteiger partial charge is 0.321 e. The molecule has 1 aliphatic carbocycles. The SMILES string of the molecule is Cc1ccccc1NC(=O)C[NH+](CC(=O)Nc1ccccc1C)C1CCCCC1. The van der Waals surface area contributed by atoms with Crippen molar-refractivity contribution in [2.75, 3.05) is 23.7 Å². The van der Waals surface area contributed by atoms with Gasteiger partial charge in [-0.2, -0.15) is 0 Å². The minimum atomic E-state index is -0.0384. The van der Waals surface area contributed by atoms with Crippen LogP contribution in [0, 0.1) is 13.8 Å². The Hall–Kier alpha value is -2.66. The maximum absolute atomic E-state index is 12.7. The number of hydrogen-bond donors (Lipinski definition) is 3. The molecule has 2 aromatic carbocycles. The summed E-state index contributed by atoms with van der Waals surface area (Å²) in [5.41, 5.74) is 3.75. The Labute approximate surface area is 173 Å². The molecule has 0 spiro atoms. The average Bonchev–Trinajstić information content (AvgIpc) is 2.71. The van der Waals surface area contributed by atoms with Crippen molar-refractivity contribution in [1.29, 1.82) is 0 Å². The molecule has 0 heterocycles. The summed E-state index contributed by atoms with van der Waals surface area (Å²) in [6, 6.07) is 15.9. The lowest BCUT2D eigenvalue weighted by Crippen LogP contribution is -3.17. The van der Waals surface area contributed by atoms with Gasteiger partial charge in [0.15, 0.2) is 13.1 Å². The third-order valence-corrected chi connectivity index (χ3v) is 5.80. The standard InChI is InChI=1S/C24H31N3O2/c1-18-10-6-8-14-21(18)25-23(28)16-27(20-12-4-3-5-13-20)17-24(29)26-22-15-9-7-11-19(22)2/h6-11,14-15,20H,3-5,12-13,16-17H2,1-2H3,(H,25,28)(H,26,29)/p+1. The summed E-state index contributed by atoms with van der Waals surface area (Å²) < 4.78 is 0. The highest BCUT2D eigenvalue weighted by molar-refractivity contribution is 5.93. The van der Waals surface area contributed by atoms with Crippen LogP contribution < -0.4 is 15.5 Å². The number of nitrogens with one attached hydrogen (secondary N) is 3. The number of aryl methyl sites for hydroxylation is 2. The van der Waals surface area contributed by atoms with E-state index in [4.69, 9.17) is 0 Å². The van der Waals surface area contributed by atoms with Crippen LogP contribution in [0.25, 0.3) is 0 Å². The predicted octanol–water partition coefficient (Wildman–Crippen LogP) is 3.10. The lowest BCUT2D eigenvalue weighted by atomic mass is 9.94. The first-order valence-corrected chi connectivity index (χ1v) is 10.6. The topological polar surface area (TPSA) is 62.6 Å². The van der Waals surface area contributed by atoms with Gasteiger partial charge in [0.2, 0.25) is 0 Å². The van der Waals surface area contributed by atoms with Gasteiger partial charge in [0.1, 0.15) is 0 Å². The third kappa shape index (κ3) is 6.16. The van der Waals surface area contributed by atoms with Crippen LogP contribution in [0.1, 0.15) is 43.2 Å². The molecule has 1 fully saturated rings. The summed E-state index contributed by atoms with van der Waals surface area (Å²) in [6.45, 7) is 4.58. The number of para-hydroxylation sites is 2. The fraction of sp³-hybridized carbons (Fsp3) is 0.417. The van der Waals surface area contributed by atoms with E-state index in [0.717, 1.165) is 40.2 Å². The van der Waals surface area contributed by atoms with Gasteiger partial charge in [0.25, 0.3) is 11.8 Å². The molecular formula is C24H32N3O2+. The second-order valence-corrected chi connectivity index (χ2v) is 8.07. The molecule has 0 saturated heterocycles. The molecule has 154 valence electrons. The molecule has 29 heavy (non-hydrogen) atoms. The molecule has 2 amide bonds. The number of benzene rings is 2. The van der Waals surface area contributed by atoms with Crippen molar-refractivity contribution in [2.45, 2.75) is 52.0 Å². The highest BCUT2D eigenvalue weighted by Crippen LogP contribution is 2.16. The van der Waals surface area contributed by atoms with E-state index in [9.17, 15) is 9.59 Å². The minimum Gasteiger partial charge on any atom is -0.321 e. The molecule has 1 saturated carbocycles. The molecule has 0 atom stereocenters. The second kappa shape index (κ2) is 10.2. The van der Waals surface area contributed by atoms with E-state index in [-0.39, 0.29) is 11.8 Å². The summed E-state index contributed by atoms with van der Waals surface area (Å²) in [4.78, 5) is 26.6. The Morgan fingerprint density at radius 3 is 1.69 bits per heavy atom. The van der Waals surface area contributed by atoms with Crippen LogP contribution in [-0.4, -0.2) is 30.9 Å². The Balaban J connectivity index is 1.65. The molecule has 3 rings (SSSR count). The first kappa shape index (κ1) is 21.1. The summed E-state index contributed by atoms with van der Waals surface area (Å²) in [6.07, 6.45) is 5.74. The molecule has 2 aromatic rings. The Bertz CT molecular complexity index is 782. The molecular weight excluding hydrogens is 362 g/mol. The van der Waals surface area contributed by atoms with Crippen LogP contribution in [0.15, 0.2) is 48.5 Å². The minimum absolute atomic E-state index is 0.0384. The van der Waals surface area contributed by atoms with Crippen molar-refractivity contribution < 1.29 is 14.5 Å². The molecule has 3 N–H and O–H groups in total. The fourth-order valence-corrected chi connectivity index (χ4v) is 4.09. The second-order valence-electron chi connectivity index (χ2n) is 8.07. The quantitative estimate of drug-likeness (QED) is 0.676. The molecule has 0 aromatic heterocycles. The molecule has 5 heteroatoms. The molecule has 1 aliphatic rings. The summed E-state index contributed by atoms with van der Waals surface area (Å²) >= 11 is 0. The highest BCUT2D eigenvalue weighted by atomic mass is 16.2. The van der Waals surface area contributed by atoms with Gasteiger partial charge in [-0.15, -0.1) is 0 Å². The first-order chi connectivity index (χ1) is 14.0. The van der Waals surface area contributed by atoms with E-state index < -0.39 is 0 Å². The Morgan fingerprint density at radius 1 is 0.793 bits per heavy atom. The number of rotatable bonds is 7. The molecule has 0 unspecified atom stereocenters. The van der Waals surface area contributed by atoms with E-state index in [2.05, 4.69) is 10.6 Å². The van der Waals surface area contributed by atoms with Crippen LogP contribution >= 0.6 is 0 Å². The van der Waals surface area contributed by atoms with Gasteiger partial charge in [-0.05, 0) is 62.8 Å². The lowest BCUT2D eigenvalue weighted by Gasteiger charge is -2.30. The third-order valence-electron chi connectivity index (χ3n) is 5.80. The lowest BCUT2D eigenvalue weighted by molar-refractivity contribution is -0.911. The normalized spacial score (nSPS) is 14.6. The number of amides is 2. The van der Waals surface area contributed by atoms with Crippen LogP contribution in [0.3, 0.4) is 0 Å². The molecule has 0 aliphatic heterocycles. The van der Waals surface area contributed by atoms with Crippen molar-refractivity contribution >= 4 is 23.2 Å². The zero-order valence-electron chi connectivity index (χ0n) is 17.5. The highest BCUT2D eigenvalue weighted by Gasteiger charge is 2.29. The van der Waals surface area contributed by atoms with Gasteiger partial charge < -0.3 is 15.5 Å². The number of carbonyl (C=O) groups is 2. The average molecular weight is 395 g/mol.